The molecule has 4 heteroatoms. The molecule has 1 saturated carbocycles. The van der Waals surface area contributed by atoms with Gasteiger partial charge in [0.25, 0.3) is 0 Å². The van der Waals surface area contributed by atoms with Crippen LogP contribution < -0.4 is 0 Å². The molecule has 0 bridgehead atoms. The van der Waals surface area contributed by atoms with E-state index >= 15 is 0 Å². The van der Waals surface area contributed by atoms with Gasteiger partial charge in [-0.05, 0) is 108 Å². The zero-order valence-corrected chi connectivity index (χ0v) is 19.5. The van der Waals surface area contributed by atoms with Crippen LogP contribution in [0.4, 0.5) is 0 Å². The minimum Gasteiger partial charge on any atom is -0.508 e. The van der Waals surface area contributed by atoms with E-state index in [0.29, 0.717) is 11.8 Å². The van der Waals surface area contributed by atoms with Crippen LogP contribution in [0.2, 0.25) is 0 Å². The second-order valence-electron chi connectivity index (χ2n) is 9.85. The van der Waals surface area contributed by atoms with Crippen LogP contribution >= 0.6 is 0 Å². The van der Waals surface area contributed by atoms with Crippen LogP contribution in [0.15, 0.2) is 97.1 Å². The molecule has 5 rings (SSSR count). The van der Waals surface area contributed by atoms with Gasteiger partial charge in [0.2, 0.25) is 0 Å². The van der Waals surface area contributed by atoms with E-state index in [0.717, 1.165) is 36.8 Å². The summed E-state index contributed by atoms with van der Waals surface area (Å²) in [6.07, 6.45) is 3.63. The Morgan fingerprint density at radius 1 is 0.457 bits per heavy atom. The molecule has 0 radical (unpaired) electrons. The number of phenolic OH excluding ortho intramolecular Hbond substituents is 4. The van der Waals surface area contributed by atoms with Crippen molar-refractivity contribution < 1.29 is 20.4 Å². The monoisotopic (exact) mass is 466 g/mol. The minimum atomic E-state index is -0.259. The van der Waals surface area contributed by atoms with Gasteiger partial charge in [-0.25, -0.2) is 0 Å². The average molecular weight is 467 g/mol. The van der Waals surface area contributed by atoms with E-state index in [1.807, 2.05) is 48.5 Å². The Morgan fingerprint density at radius 3 is 1.06 bits per heavy atom. The first-order valence-electron chi connectivity index (χ1n) is 12.1. The van der Waals surface area contributed by atoms with E-state index < -0.39 is 0 Å². The van der Waals surface area contributed by atoms with Gasteiger partial charge >= 0.3 is 0 Å². The van der Waals surface area contributed by atoms with Crippen molar-refractivity contribution in [2.45, 2.75) is 31.1 Å². The van der Waals surface area contributed by atoms with Crippen molar-refractivity contribution in [3.8, 4) is 23.0 Å². The molecule has 0 heterocycles. The van der Waals surface area contributed by atoms with Crippen molar-refractivity contribution in [1.29, 1.82) is 0 Å². The Kier molecular flexibility index (Phi) is 6.12. The van der Waals surface area contributed by atoms with Crippen LogP contribution in [0.25, 0.3) is 0 Å². The summed E-state index contributed by atoms with van der Waals surface area (Å²) in [4.78, 5) is 0. The van der Waals surface area contributed by atoms with E-state index in [2.05, 4.69) is 0 Å². The van der Waals surface area contributed by atoms with E-state index in [1.54, 1.807) is 48.5 Å². The Hall–Kier alpha value is -3.92. The summed E-state index contributed by atoms with van der Waals surface area (Å²) >= 11 is 0. The van der Waals surface area contributed by atoms with E-state index in [-0.39, 0.29) is 28.4 Å². The molecule has 4 aromatic carbocycles. The maximum Gasteiger partial charge on any atom is 0.115 e. The Labute approximate surface area is 205 Å². The quantitative estimate of drug-likeness (QED) is 0.269. The van der Waals surface area contributed by atoms with Crippen LogP contribution in [-0.4, -0.2) is 20.4 Å². The molecule has 1 aliphatic carbocycles. The first-order valence-corrected chi connectivity index (χ1v) is 12.1. The highest BCUT2D eigenvalue weighted by Crippen LogP contribution is 2.53. The number of aromatic hydroxyl groups is 4. The molecule has 2 atom stereocenters. The zero-order valence-electron chi connectivity index (χ0n) is 19.5. The number of rotatable bonds is 6. The molecule has 4 aromatic rings. The summed E-state index contributed by atoms with van der Waals surface area (Å²) in [5.41, 5.74) is 4.44. The van der Waals surface area contributed by atoms with Crippen molar-refractivity contribution in [2.24, 2.45) is 11.8 Å². The molecule has 0 spiro atoms. The third-order valence-corrected chi connectivity index (χ3v) is 7.60. The predicted octanol–water partition coefficient (Wildman–Crippen LogP) is 6.31. The van der Waals surface area contributed by atoms with Gasteiger partial charge < -0.3 is 20.4 Å². The molecular formula is C31H30O4. The number of phenols is 4. The number of hydrogen-bond donors (Lipinski definition) is 4. The molecular weight excluding hydrogens is 436 g/mol. The summed E-state index contributed by atoms with van der Waals surface area (Å²) in [5.74, 6) is 1.77. The predicted molar refractivity (Wildman–Crippen MR) is 137 cm³/mol. The van der Waals surface area contributed by atoms with Crippen LogP contribution in [0.5, 0.6) is 23.0 Å². The lowest BCUT2D eigenvalue weighted by atomic mass is 9.72. The largest absolute Gasteiger partial charge is 0.508 e. The summed E-state index contributed by atoms with van der Waals surface area (Å²) < 4.78 is 0. The van der Waals surface area contributed by atoms with Crippen LogP contribution in [0.3, 0.4) is 0 Å². The molecule has 35 heavy (non-hydrogen) atoms. The standard InChI is InChI=1S/C31H30O4/c32-27-9-1-21(2-10-27)17-23-19-31(25-5-13-29(34)14-6-25,26-7-15-30(35)16-8-26)20-24(23)18-22-3-11-28(33)12-4-22/h1-16,23-24,32-35H,17-20H2. The summed E-state index contributed by atoms with van der Waals surface area (Å²) in [7, 11) is 0. The lowest BCUT2D eigenvalue weighted by molar-refractivity contribution is 0.383. The van der Waals surface area contributed by atoms with Gasteiger partial charge in [-0.1, -0.05) is 48.5 Å². The van der Waals surface area contributed by atoms with E-state index in [9.17, 15) is 20.4 Å². The van der Waals surface area contributed by atoms with Gasteiger partial charge in [-0.3, -0.25) is 0 Å². The molecule has 2 unspecified atom stereocenters. The van der Waals surface area contributed by atoms with E-state index in [1.165, 1.54) is 11.1 Å². The SMILES string of the molecule is Oc1ccc(CC2CC(c3ccc(O)cc3)(c3ccc(O)cc3)CC2Cc2ccc(O)cc2)cc1. The zero-order chi connectivity index (χ0) is 24.4. The van der Waals surface area contributed by atoms with Gasteiger partial charge in [0.05, 0.1) is 0 Å². The van der Waals surface area contributed by atoms with Gasteiger partial charge in [-0.2, -0.15) is 0 Å². The first kappa shape index (κ1) is 22.9. The van der Waals surface area contributed by atoms with Crippen LogP contribution in [-0.2, 0) is 18.3 Å². The van der Waals surface area contributed by atoms with E-state index in [4.69, 9.17) is 0 Å². The molecule has 178 valence electrons. The molecule has 0 amide bonds. The third kappa shape index (κ3) is 4.83. The fourth-order valence-electron chi connectivity index (χ4n) is 5.86. The maximum atomic E-state index is 9.95. The first-order chi connectivity index (χ1) is 16.9. The van der Waals surface area contributed by atoms with Crippen molar-refractivity contribution in [2.75, 3.05) is 0 Å². The highest BCUT2D eigenvalue weighted by molar-refractivity contribution is 5.45. The maximum absolute atomic E-state index is 9.95. The van der Waals surface area contributed by atoms with Crippen molar-refractivity contribution >= 4 is 0 Å². The topological polar surface area (TPSA) is 80.9 Å². The molecule has 0 aromatic heterocycles. The average Bonchev–Trinajstić information content (AvgIpc) is 3.21. The second kappa shape index (κ2) is 9.38. The molecule has 0 saturated heterocycles. The number of hydrogen-bond acceptors (Lipinski definition) is 4. The van der Waals surface area contributed by atoms with Gasteiger partial charge in [0.1, 0.15) is 23.0 Å². The molecule has 1 aliphatic rings. The fourth-order valence-corrected chi connectivity index (χ4v) is 5.86. The normalized spacial score (nSPS) is 19.0. The second-order valence-corrected chi connectivity index (χ2v) is 9.85. The Balaban J connectivity index is 1.56. The molecule has 4 N–H and O–H groups in total. The molecule has 4 nitrogen and oxygen atoms in total. The third-order valence-electron chi connectivity index (χ3n) is 7.60. The van der Waals surface area contributed by atoms with Gasteiger partial charge in [0, 0.05) is 5.41 Å². The Morgan fingerprint density at radius 2 is 0.743 bits per heavy atom. The van der Waals surface area contributed by atoms with Crippen LogP contribution in [0.1, 0.15) is 35.1 Å². The lowest BCUT2D eigenvalue weighted by Crippen LogP contribution is -2.25. The molecule has 0 aliphatic heterocycles. The smallest absolute Gasteiger partial charge is 0.115 e. The lowest BCUT2D eigenvalue weighted by Gasteiger charge is -2.31. The van der Waals surface area contributed by atoms with Crippen LogP contribution in [0, 0.1) is 11.8 Å². The fraction of sp³-hybridized carbons (Fsp3) is 0.226. The summed E-state index contributed by atoms with van der Waals surface area (Å²) in [5, 5.41) is 39.4. The van der Waals surface area contributed by atoms with Crippen molar-refractivity contribution in [3.05, 3.63) is 119 Å². The Bertz CT molecular complexity index is 1160. The summed E-state index contributed by atoms with van der Waals surface area (Å²) in [6, 6.07) is 30.0. The highest BCUT2D eigenvalue weighted by Gasteiger charge is 2.47. The van der Waals surface area contributed by atoms with Crippen molar-refractivity contribution in [1.82, 2.24) is 0 Å². The minimum absolute atomic E-state index is 0.244. The highest BCUT2D eigenvalue weighted by atomic mass is 16.3. The van der Waals surface area contributed by atoms with Gasteiger partial charge in [0.15, 0.2) is 0 Å². The van der Waals surface area contributed by atoms with Gasteiger partial charge in [-0.15, -0.1) is 0 Å². The molecule has 1 fully saturated rings. The number of benzene rings is 4. The van der Waals surface area contributed by atoms with Crippen molar-refractivity contribution in [3.63, 3.8) is 0 Å². The summed E-state index contributed by atoms with van der Waals surface area (Å²) in [6.45, 7) is 0.